The predicted octanol–water partition coefficient (Wildman–Crippen LogP) is 4.99. The van der Waals surface area contributed by atoms with Crippen LogP contribution >= 0.6 is 11.3 Å². The zero-order chi connectivity index (χ0) is 21.6. The van der Waals surface area contributed by atoms with Crippen molar-refractivity contribution in [3.05, 3.63) is 71.4 Å². The van der Waals surface area contributed by atoms with Gasteiger partial charge in [0.05, 0.1) is 10.6 Å². The summed E-state index contributed by atoms with van der Waals surface area (Å²) in [7, 11) is -3.85. The minimum atomic E-state index is -3.85. The number of nitrogens with zero attached hydrogens (tertiary/aromatic N) is 2. The Labute approximate surface area is 184 Å². The first kappa shape index (κ1) is 19.8. The SMILES string of the molecule is Cc1ccc(-c2nc3cccnc3s2)cc1NS(=O)(=O)c1ccc2c(c1)C(=O)CCC2. The van der Waals surface area contributed by atoms with E-state index in [1.165, 1.54) is 17.4 Å². The van der Waals surface area contributed by atoms with Crippen LogP contribution in [0.1, 0.15) is 34.3 Å². The zero-order valence-electron chi connectivity index (χ0n) is 16.8. The number of fused-ring (bicyclic) bond motifs is 2. The number of pyridine rings is 1. The summed E-state index contributed by atoms with van der Waals surface area (Å²) in [4.78, 5) is 22.1. The van der Waals surface area contributed by atoms with Crippen LogP contribution in [0, 0.1) is 6.92 Å². The monoisotopic (exact) mass is 449 g/mol. The fourth-order valence-corrected chi connectivity index (χ4v) is 5.79. The predicted molar refractivity (Wildman–Crippen MR) is 122 cm³/mol. The molecule has 0 atom stereocenters. The molecule has 8 heteroatoms. The van der Waals surface area contributed by atoms with E-state index in [0.29, 0.717) is 17.7 Å². The van der Waals surface area contributed by atoms with Crippen molar-refractivity contribution in [3.63, 3.8) is 0 Å². The number of carbonyl (C=O) groups excluding carboxylic acids is 1. The molecular weight excluding hydrogens is 430 g/mol. The molecule has 1 N–H and O–H groups in total. The lowest BCUT2D eigenvalue weighted by atomic mass is 9.91. The van der Waals surface area contributed by atoms with Gasteiger partial charge in [-0.2, -0.15) is 0 Å². The Morgan fingerprint density at radius 2 is 1.94 bits per heavy atom. The number of carbonyl (C=O) groups is 1. The third kappa shape index (κ3) is 3.73. The summed E-state index contributed by atoms with van der Waals surface area (Å²) in [6.07, 6.45) is 3.79. The van der Waals surface area contributed by atoms with Crippen LogP contribution in [0.25, 0.3) is 20.9 Å². The van der Waals surface area contributed by atoms with Gasteiger partial charge in [0.15, 0.2) is 5.78 Å². The van der Waals surface area contributed by atoms with Gasteiger partial charge in [0.1, 0.15) is 15.4 Å². The molecule has 0 unspecified atom stereocenters. The van der Waals surface area contributed by atoms with E-state index in [1.807, 2.05) is 31.2 Å². The lowest BCUT2D eigenvalue weighted by molar-refractivity contribution is 0.0972. The van der Waals surface area contributed by atoms with Crippen LogP contribution in [0.3, 0.4) is 0 Å². The molecular formula is C23H19N3O3S2. The Morgan fingerprint density at radius 3 is 2.77 bits per heavy atom. The molecule has 0 bridgehead atoms. The van der Waals surface area contributed by atoms with E-state index >= 15 is 0 Å². The first-order chi connectivity index (χ1) is 14.9. The highest BCUT2D eigenvalue weighted by Crippen LogP contribution is 2.32. The van der Waals surface area contributed by atoms with Crippen LogP contribution in [0.4, 0.5) is 5.69 Å². The van der Waals surface area contributed by atoms with Crippen molar-refractivity contribution >= 4 is 43.2 Å². The number of rotatable bonds is 4. The van der Waals surface area contributed by atoms with Crippen LogP contribution in [0.15, 0.2) is 59.6 Å². The third-order valence-electron chi connectivity index (χ3n) is 5.44. The number of ketones is 1. The van der Waals surface area contributed by atoms with E-state index in [9.17, 15) is 13.2 Å². The first-order valence-electron chi connectivity index (χ1n) is 9.92. The number of aromatic nitrogens is 2. The molecule has 0 saturated heterocycles. The number of sulfonamides is 1. The molecule has 0 aliphatic heterocycles. The van der Waals surface area contributed by atoms with Gasteiger partial charge in [0.2, 0.25) is 0 Å². The van der Waals surface area contributed by atoms with Crippen molar-refractivity contribution in [1.29, 1.82) is 0 Å². The molecule has 2 heterocycles. The fourth-order valence-electron chi connectivity index (χ4n) is 3.74. The van der Waals surface area contributed by atoms with Gasteiger partial charge in [-0.25, -0.2) is 18.4 Å². The highest BCUT2D eigenvalue weighted by Gasteiger charge is 2.22. The first-order valence-corrected chi connectivity index (χ1v) is 12.2. The van der Waals surface area contributed by atoms with E-state index in [-0.39, 0.29) is 10.7 Å². The molecule has 1 aliphatic carbocycles. The number of aryl methyl sites for hydroxylation is 2. The summed E-state index contributed by atoms with van der Waals surface area (Å²) in [6.45, 7) is 1.85. The number of benzene rings is 2. The number of anilines is 1. The lowest BCUT2D eigenvalue weighted by Crippen LogP contribution is -2.17. The van der Waals surface area contributed by atoms with Gasteiger partial charge in [0, 0.05) is 23.7 Å². The second kappa shape index (κ2) is 7.55. The highest BCUT2D eigenvalue weighted by atomic mass is 32.2. The van der Waals surface area contributed by atoms with Crippen molar-refractivity contribution in [1.82, 2.24) is 9.97 Å². The number of Topliss-reactive ketones (excluding diaryl/α,β-unsaturated/α-hetero) is 1. The molecule has 0 amide bonds. The van der Waals surface area contributed by atoms with Gasteiger partial charge in [-0.1, -0.05) is 29.5 Å². The summed E-state index contributed by atoms with van der Waals surface area (Å²) in [5, 5.41) is 0.772. The second-order valence-electron chi connectivity index (χ2n) is 7.58. The molecule has 0 fully saturated rings. The van der Waals surface area contributed by atoms with Crippen LogP contribution in [0.5, 0.6) is 0 Å². The van der Waals surface area contributed by atoms with Gasteiger partial charge in [-0.3, -0.25) is 9.52 Å². The zero-order valence-corrected chi connectivity index (χ0v) is 18.4. The molecule has 156 valence electrons. The Hall–Kier alpha value is -3.10. The molecule has 31 heavy (non-hydrogen) atoms. The summed E-state index contributed by atoms with van der Waals surface area (Å²) in [6, 6.07) is 14.1. The van der Waals surface area contributed by atoms with Crippen molar-refractivity contribution in [2.45, 2.75) is 31.1 Å². The molecule has 1 aliphatic rings. The summed E-state index contributed by atoms with van der Waals surface area (Å²) in [5.41, 5.74) is 4.32. The Morgan fingerprint density at radius 1 is 1.06 bits per heavy atom. The highest BCUT2D eigenvalue weighted by molar-refractivity contribution is 7.92. The maximum atomic E-state index is 13.1. The quantitative estimate of drug-likeness (QED) is 0.474. The molecule has 2 aromatic carbocycles. The smallest absolute Gasteiger partial charge is 0.261 e. The Bertz CT molecular complexity index is 1410. The van der Waals surface area contributed by atoms with Crippen LogP contribution < -0.4 is 4.72 Å². The third-order valence-corrected chi connectivity index (χ3v) is 7.83. The normalized spacial score (nSPS) is 13.9. The van der Waals surface area contributed by atoms with Crippen molar-refractivity contribution in [2.24, 2.45) is 0 Å². The summed E-state index contributed by atoms with van der Waals surface area (Å²) >= 11 is 1.46. The van der Waals surface area contributed by atoms with Gasteiger partial charge < -0.3 is 0 Å². The Kier molecular flexibility index (Phi) is 4.83. The van der Waals surface area contributed by atoms with Crippen molar-refractivity contribution in [3.8, 4) is 10.6 Å². The van der Waals surface area contributed by atoms with E-state index in [1.54, 1.807) is 24.4 Å². The van der Waals surface area contributed by atoms with E-state index in [0.717, 1.165) is 44.9 Å². The van der Waals surface area contributed by atoms with E-state index < -0.39 is 10.0 Å². The topological polar surface area (TPSA) is 89.0 Å². The minimum absolute atomic E-state index is 0.000855. The maximum absolute atomic E-state index is 13.1. The van der Waals surface area contributed by atoms with Gasteiger partial charge >= 0.3 is 0 Å². The fraction of sp³-hybridized carbons (Fsp3) is 0.174. The van der Waals surface area contributed by atoms with Crippen LogP contribution in [-0.4, -0.2) is 24.2 Å². The maximum Gasteiger partial charge on any atom is 0.261 e. The average molecular weight is 450 g/mol. The number of thiazole rings is 1. The largest absolute Gasteiger partial charge is 0.294 e. The summed E-state index contributed by atoms with van der Waals surface area (Å²) < 4.78 is 28.9. The lowest BCUT2D eigenvalue weighted by Gasteiger charge is -2.17. The summed E-state index contributed by atoms with van der Waals surface area (Å²) in [5.74, 6) is 0.000855. The van der Waals surface area contributed by atoms with Crippen LogP contribution in [0.2, 0.25) is 0 Å². The second-order valence-corrected chi connectivity index (χ2v) is 10.2. The van der Waals surface area contributed by atoms with Gasteiger partial charge in [0.25, 0.3) is 10.0 Å². The molecule has 2 aromatic heterocycles. The van der Waals surface area contributed by atoms with Gasteiger partial charge in [-0.15, -0.1) is 0 Å². The molecule has 5 rings (SSSR count). The molecule has 0 saturated carbocycles. The minimum Gasteiger partial charge on any atom is -0.294 e. The number of nitrogens with one attached hydrogen (secondary N) is 1. The van der Waals surface area contributed by atoms with E-state index in [4.69, 9.17) is 0 Å². The number of hydrogen-bond acceptors (Lipinski definition) is 6. The molecule has 0 radical (unpaired) electrons. The van der Waals surface area contributed by atoms with Crippen molar-refractivity contribution in [2.75, 3.05) is 4.72 Å². The van der Waals surface area contributed by atoms with Crippen LogP contribution in [-0.2, 0) is 16.4 Å². The van der Waals surface area contributed by atoms with E-state index in [2.05, 4.69) is 14.7 Å². The number of hydrogen-bond donors (Lipinski definition) is 1. The van der Waals surface area contributed by atoms with Gasteiger partial charge in [-0.05, 0) is 61.2 Å². The van der Waals surface area contributed by atoms with Crippen molar-refractivity contribution < 1.29 is 13.2 Å². The Balaban J connectivity index is 1.50. The standard InChI is InChI=1S/C23H19N3O3S2/c1-14-7-8-16(22-25-19-5-3-11-24-23(19)30-22)12-20(14)26-31(28,29)17-10-9-15-4-2-6-21(27)18(15)13-17/h3,5,7-13,26H,2,4,6H2,1H3. The molecule has 6 nitrogen and oxygen atoms in total. The average Bonchev–Trinajstić information content (AvgIpc) is 3.19. The molecule has 4 aromatic rings. The molecule has 0 spiro atoms.